The van der Waals surface area contributed by atoms with Crippen LogP contribution in [0.3, 0.4) is 0 Å². The molecule has 1 amide bonds. The molecule has 6 nitrogen and oxygen atoms in total. The molecule has 1 aromatic carbocycles. The summed E-state index contributed by atoms with van der Waals surface area (Å²) in [4.78, 5) is 11.8. The van der Waals surface area contributed by atoms with Gasteiger partial charge in [-0.05, 0) is 37.3 Å². The normalized spacial score (nSPS) is 11.0. The van der Waals surface area contributed by atoms with Crippen molar-refractivity contribution in [3.05, 3.63) is 64.6 Å². The Morgan fingerprint density at radius 2 is 2.17 bits per heavy atom. The molecule has 0 unspecified atom stereocenters. The third kappa shape index (κ3) is 3.49. The lowest BCUT2D eigenvalue weighted by Crippen LogP contribution is -2.17. The van der Waals surface area contributed by atoms with Gasteiger partial charge in [0.1, 0.15) is 11.5 Å². The number of H-pyrrole nitrogens is 1. The summed E-state index contributed by atoms with van der Waals surface area (Å²) in [5, 5.41) is 11.0. The third-order valence-electron chi connectivity index (χ3n) is 3.06. The van der Waals surface area contributed by atoms with Crippen LogP contribution in [0.1, 0.15) is 21.9 Å². The predicted octanol–water partition coefficient (Wildman–Crippen LogP) is 3.40. The minimum Gasteiger partial charge on any atom is -0.455 e. The van der Waals surface area contributed by atoms with E-state index in [1.807, 2.05) is 25.1 Å². The summed E-state index contributed by atoms with van der Waals surface area (Å²) in [5.41, 5.74) is 4.25. The number of rotatable bonds is 4. The lowest BCUT2D eigenvalue weighted by atomic mass is 10.2. The first-order chi connectivity index (χ1) is 11.1. The van der Waals surface area contributed by atoms with Gasteiger partial charge in [-0.3, -0.25) is 9.89 Å². The van der Waals surface area contributed by atoms with Crippen molar-refractivity contribution >= 4 is 23.7 Å². The first-order valence-corrected chi connectivity index (χ1v) is 7.21. The fourth-order valence-corrected chi connectivity index (χ4v) is 2.20. The second kappa shape index (κ2) is 6.50. The first kappa shape index (κ1) is 15.1. The van der Waals surface area contributed by atoms with Crippen molar-refractivity contribution in [1.29, 1.82) is 0 Å². The Balaban J connectivity index is 1.67. The zero-order chi connectivity index (χ0) is 16.2. The third-order valence-corrected chi connectivity index (χ3v) is 3.39. The van der Waals surface area contributed by atoms with Crippen LogP contribution in [0.4, 0.5) is 0 Å². The van der Waals surface area contributed by atoms with Crippen LogP contribution in [0.2, 0.25) is 5.02 Å². The van der Waals surface area contributed by atoms with E-state index in [1.54, 1.807) is 24.3 Å². The van der Waals surface area contributed by atoms with Crippen LogP contribution in [0.25, 0.3) is 11.3 Å². The minimum atomic E-state index is -0.400. The van der Waals surface area contributed by atoms with Crippen LogP contribution in [-0.4, -0.2) is 22.3 Å². The largest absolute Gasteiger partial charge is 0.455 e. The molecule has 0 atom stereocenters. The Bertz CT molecular complexity index is 866. The smallest absolute Gasteiger partial charge is 0.291 e. The van der Waals surface area contributed by atoms with Gasteiger partial charge in [0, 0.05) is 11.3 Å². The van der Waals surface area contributed by atoms with E-state index in [1.165, 1.54) is 6.21 Å². The fourth-order valence-electron chi connectivity index (χ4n) is 1.97. The monoisotopic (exact) mass is 328 g/mol. The Morgan fingerprint density at radius 3 is 2.91 bits per heavy atom. The maximum absolute atomic E-state index is 11.8. The van der Waals surface area contributed by atoms with Gasteiger partial charge in [-0.2, -0.15) is 10.2 Å². The zero-order valence-electron chi connectivity index (χ0n) is 12.2. The van der Waals surface area contributed by atoms with Crippen molar-refractivity contribution in [2.75, 3.05) is 0 Å². The van der Waals surface area contributed by atoms with Gasteiger partial charge in [-0.25, -0.2) is 5.43 Å². The van der Waals surface area contributed by atoms with Gasteiger partial charge < -0.3 is 4.42 Å². The van der Waals surface area contributed by atoms with Gasteiger partial charge >= 0.3 is 0 Å². The molecule has 0 aliphatic carbocycles. The van der Waals surface area contributed by atoms with E-state index in [-0.39, 0.29) is 5.69 Å². The van der Waals surface area contributed by atoms with E-state index < -0.39 is 5.91 Å². The molecule has 0 saturated carbocycles. The van der Waals surface area contributed by atoms with Crippen LogP contribution in [-0.2, 0) is 0 Å². The molecule has 23 heavy (non-hydrogen) atoms. The second-order valence-electron chi connectivity index (χ2n) is 4.82. The first-order valence-electron chi connectivity index (χ1n) is 6.83. The SMILES string of the molecule is Cc1cc(C(=O)NN=Cc2ccc(-c3ccccc3Cl)o2)n[nH]1. The summed E-state index contributed by atoms with van der Waals surface area (Å²) >= 11 is 6.12. The van der Waals surface area contributed by atoms with E-state index >= 15 is 0 Å². The summed E-state index contributed by atoms with van der Waals surface area (Å²) in [7, 11) is 0. The van der Waals surface area contributed by atoms with Gasteiger partial charge in [0.2, 0.25) is 0 Å². The number of hydrogen-bond acceptors (Lipinski definition) is 4. The highest BCUT2D eigenvalue weighted by atomic mass is 35.5. The average molecular weight is 329 g/mol. The number of halogens is 1. The summed E-state index contributed by atoms with van der Waals surface area (Å²) in [6, 6.07) is 12.6. The number of aromatic amines is 1. The number of nitrogens with one attached hydrogen (secondary N) is 2. The Morgan fingerprint density at radius 1 is 1.35 bits per heavy atom. The van der Waals surface area contributed by atoms with Crippen LogP contribution < -0.4 is 5.43 Å². The quantitative estimate of drug-likeness (QED) is 0.568. The van der Waals surface area contributed by atoms with Gasteiger partial charge in [-0.1, -0.05) is 23.7 Å². The molecule has 2 heterocycles. The number of carbonyl (C=O) groups excluding carboxylic acids is 1. The predicted molar refractivity (Wildman–Crippen MR) is 87.5 cm³/mol. The highest BCUT2D eigenvalue weighted by Gasteiger charge is 2.09. The van der Waals surface area contributed by atoms with Crippen LogP contribution in [0.15, 0.2) is 52.0 Å². The van der Waals surface area contributed by atoms with E-state index in [0.717, 1.165) is 11.3 Å². The molecule has 0 aliphatic heterocycles. The maximum atomic E-state index is 11.8. The number of furan rings is 1. The van der Waals surface area contributed by atoms with Crippen molar-refractivity contribution in [1.82, 2.24) is 15.6 Å². The van der Waals surface area contributed by atoms with Crippen molar-refractivity contribution in [2.45, 2.75) is 6.92 Å². The van der Waals surface area contributed by atoms with Crippen molar-refractivity contribution in [3.63, 3.8) is 0 Å². The Labute approximate surface area is 137 Å². The molecule has 3 aromatic rings. The number of benzene rings is 1. The van der Waals surface area contributed by atoms with Crippen molar-refractivity contribution in [3.8, 4) is 11.3 Å². The average Bonchev–Trinajstić information content (AvgIpc) is 3.17. The molecular weight excluding hydrogens is 316 g/mol. The highest BCUT2D eigenvalue weighted by molar-refractivity contribution is 6.33. The van der Waals surface area contributed by atoms with Crippen LogP contribution in [0.5, 0.6) is 0 Å². The molecule has 3 rings (SSSR count). The molecule has 0 spiro atoms. The Hall–Kier alpha value is -2.86. The van der Waals surface area contributed by atoms with E-state index in [9.17, 15) is 4.79 Å². The summed E-state index contributed by atoms with van der Waals surface area (Å²) < 4.78 is 5.64. The van der Waals surface area contributed by atoms with E-state index in [4.69, 9.17) is 16.0 Å². The van der Waals surface area contributed by atoms with E-state index in [0.29, 0.717) is 16.5 Å². The summed E-state index contributed by atoms with van der Waals surface area (Å²) in [5.74, 6) is 0.730. The molecule has 0 radical (unpaired) electrons. The number of hydrogen-bond donors (Lipinski definition) is 2. The van der Waals surface area contributed by atoms with Crippen LogP contribution >= 0.6 is 11.6 Å². The molecule has 116 valence electrons. The molecule has 0 fully saturated rings. The molecule has 0 aliphatic rings. The topological polar surface area (TPSA) is 83.3 Å². The molecule has 0 saturated heterocycles. The number of carbonyl (C=O) groups is 1. The zero-order valence-corrected chi connectivity index (χ0v) is 13.0. The number of hydrazone groups is 1. The summed E-state index contributed by atoms with van der Waals surface area (Å²) in [6.45, 7) is 1.81. The van der Waals surface area contributed by atoms with Crippen molar-refractivity contribution in [2.24, 2.45) is 5.10 Å². The summed E-state index contributed by atoms with van der Waals surface area (Å²) in [6.07, 6.45) is 1.41. The lowest BCUT2D eigenvalue weighted by Gasteiger charge is -1.98. The van der Waals surface area contributed by atoms with Gasteiger partial charge in [-0.15, -0.1) is 0 Å². The number of amides is 1. The maximum Gasteiger partial charge on any atom is 0.291 e. The second-order valence-corrected chi connectivity index (χ2v) is 5.22. The number of aromatic nitrogens is 2. The lowest BCUT2D eigenvalue weighted by molar-refractivity contribution is 0.0950. The molecule has 2 N–H and O–H groups in total. The van der Waals surface area contributed by atoms with Crippen molar-refractivity contribution < 1.29 is 9.21 Å². The number of nitrogens with zero attached hydrogens (tertiary/aromatic N) is 2. The highest BCUT2D eigenvalue weighted by Crippen LogP contribution is 2.28. The molecular formula is C16H13ClN4O2. The standard InChI is InChI=1S/C16H13ClN4O2/c1-10-8-14(20-19-10)16(22)21-18-9-11-6-7-15(23-11)12-4-2-3-5-13(12)17/h2-9H,1H3,(H,19,20)(H,21,22). The van der Waals surface area contributed by atoms with Gasteiger partial charge in [0.05, 0.1) is 11.2 Å². The molecule has 0 bridgehead atoms. The Kier molecular flexibility index (Phi) is 4.25. The van der Waals surface area contributed by atoms with Crippen LogP contribution in [0, 0.1) is 6.92 Å². The molecule has 7 heteroatoms. The molecule has 2 aromatic heterocycles. The fraction of sp³-hybridized carbons (Fsp3) is 0.0625. The van der Waals surface area contributed by atoms with Gasteiger partial charge in [0.25, 0.3) is 5.91 Å². The number of aryl methyl sites for hydroxylation is 1. The van der Waals surface area contributed by atoms with Gasteiger partial charge in [0.15, 0.2) is 5.69 Å². The van der Waals surface area contributed by atoms with E-state index in [2.05, 4.69) is 20.7 Å². The minimum absolute atomic E-state index is 0.274.